The van der Waals surface area contributed by atoms with Crippen molar-refractivity contribution in [1.82, 2.24) is 19.7 Å². The number of nitrogens with one attached hydrogen (secondary N) is 1. The fourth-order valence-electron chi connectivity index (χ4n) is 3.07. The third kappa shape index (κ3) is 3.15. The van der Waals surface area contributed by atoms with Crippen LogP contribution in [0, 0.1) is 4.77 Å². The number of rotatable bonds is 4. The zero-order valence-corrected chi connectivity index (χ0v) is 13.1. The third-order valence-electron chi connectivity index (χ3n) is 4.14. The Bertz CT molecular complexity index is 627. The predicted molar refractivity (Wildman–Crippen MR) is 85.9 cm³/mol. The van der Waals surface area contributed by atoms with Gasteiger partial charge in [0.05, 0.1) is 0 Å². The van der Waals surface area contributed by atoms with Crippen molar-refractivity contribution in [2.45, 2.75) is 44.7 Å². The normalized spacial score (nSPS) is 16.0. The van der Waals surface area contributed by atoms with Crippen molar-refractivity contribution < 1.29 is 0 Å². The molecule has 6 heteroatoms. The summed E-state index contributed by atoms with van der Waals surface area (Å²) in [5.41, 5.74) is 1.22. The lowest BCUT2D eigenvalue weighted by Gasteiger charge is -2.27. The second kappa shape index (κ2) is 6.39. The zero-order chi connectivity index (χ0) is 14.7. The summed E-state index contributed by atoms with van der Waals surface area (Å²) in [6, 6.07) is 4.55. The molecule has 112 valence electrons. The summed E-state index contributed by atoms with van der Waals surface area (Å²) in [5, 5.41) is 7.41. The topological polar surface area (TPSA) is 49.7 Å². The smallest absolute Gasteiger partial charge is 0.226 e. The molecule has 2 aromatic rings. The monoisotopic (exact) mass is 303 g/mol. The number of nitrogens with zero attached hydrogens (tertiary/aromatic N) is 4. The van der Waals surface area contributed by atoms with E-state index in [0.29, 0.717) is 6.04 Å². The number of H-pyrrole nitrogens is 1. The second-order valence-electron chi connectivity index (χ2n) is 5.70. The SMILES string of the molecule is CN(Cc1ccncc1)c1n[nH]c(=S)n1C1CCCCC1. The molecule has 1 fully saturated rings. The standard InChI is InChI=1S/C15H21N5S/c1-19(11-12-7-9-16-10-8-12)14-17-18-15(21)20(14)13-5-3-2-4-6-13/h7-10,13H,2-6,11H2,1H3,(H,18,21). The highest BCUT2D eigenvalue weighted by molar-refractivity contribution is 7.71. The highest BCUT2D eigenvalue weighted by Gasteiger charge is 2.21. The van der Waals surface area contributed by atoms with Gasteiger partial charge in [0.15, 0.2) is 4.77 Å². The summed E-state index contributed by atoms with van der Waals surface area (Å²) in [6.45, 7) is 0.800. The Hall–Kier alpha value is -1.69. The number of anilines is 1. The largest absolute Gasteiger partial charge is 0.340 e. The minimum Gasteiger partial charge on any atom is -0.340 e. The lowest BCUT2D eigenvalue weighted by molar-refractivity contribution is 0.350. The van der Waals surface area contributed by atoms with E-state index in [-0.39, 0.29) is 0 Å². The Balaban J connectivity index is 1.83. The molecule has 0 spiro atoms. The summed E-state index contributed by atoms with van der Waals surface area (Å²) in [6.07, 6.45) is 9.94. The van der Waals surface area contributed by atoms with Crippen LogP contribution in [0.3, 0.4) is 0 Å². The van der Waals surface area contributed by atoms with Gasteiger partial charge < -0.3 is 4.90 Å². The van der Waals surface area contributed by atoms with Gasteiger partial charge in [0.2, 0.25) is 5.95 Å². The van der Waals surface area contributed by atoms with Crippen LogP contribution in [0.15, 0.2) is 24.5 Å². The van der Waals surface area contributed by atoms with E-state index < -0.39 is 0 Å². The van der Waals surface area contributed by atoms with Gasteiger partial charge in [-0.25, -0.2) is 5.10 Å². The van der Waals surface area contributed by atoms with Crippen molar-refractivity contribution in [3.05, 3.63) is 34.9 Å². The van der Waals surface area contributed by atoms with Gasteiger partial charge in [-0.05, 0) is 42.8 Å². The van der Waals surface area contributed by atoms with E-state index >= 15 is 0 Å². The maximum Gasteiger partial charge on any atom is 0.226 e. The Morgan fingerprint density at radius 2 is 2.00 bits per heavy atom. The Morgan fingerprint density at radius 1 is 1.29 bits per heavy atom. The van der Waals surface area contributed by atoms with Gasteiger partial charge in [-0.2, -0.15) is 0 Å². The molecule has 0 aromatic carbocycles. The first-order chi connectivity index (χ1) is 10.3. The van der Waals surface area contributed by atoms with E-state index in [1.807, 2.05) is 24.5 Å². The third-order valence-corrected chi connectivity index (χ3v) is 4.42. The van der Waals surface area contributed by atoms with Crippen molar-refractivity contribution in [3.8, 4) is 0 Å². The molecule has 1 N–H and O–H groups in total. The first-order valence-corrected chi connectivity index (χ1v) is 7.93. The molecule has 2 heterocycles. The first-order valence-electron chi connectivity index (χ1n) is 7.52. The molecule has 0 radical (unpaired) electrons. The first kappa shape index (κ1) is 14.3. The van der Waals surface area contributed by atoms with E-state index in [1.165, 1.54) is 37.7 Å². The van der Waals surface area contributed by atoms with Crippen LogP contribution >= 0.6 is 12.2 Å². The molecule has 2 aromatic heterocycles. The van der Waals surface area contributed by atoms with Crippen molar-refractivity contribution in [2.75, 3.05) is 11.9 Å². The van der Waals surface area contributed by atoms with Crippen LogP contribution in [-0.2, 0) is 6.54 Å². The van der Waals surface area contributed by atoms with Crippen LogP contribution in [0.25, 0.3) is 0 Å². The average molecular weight is 303 g/mol. The Labute approximate surface area is 130 Å². The van der Waals surface area contributed by atoms with Crippen molar-refractivity contribution in [2.24, 2.45) is 0 Å². The Morgan fingerprint density at radius 3 is 2.71 bits per heavy atom. The van der Waals surface area contributed by atoms with E-state index in [9.17, 15) is 0 Å². The molecule has 0 aliphatic heterocycles. The molecular formula is C15H21N5S. The molecule has 1 saturated carbocycles. The highest BCUT2D eigenvalue weighted by Crippen LogP contribution is 2.31. The van der Waals surface area contributed by atoms with Gasteiger partial charge in [-0.1, -0.05) is 19.3 Å². The number of hydrogen-bond donors (Lipinski definition) is 1. The zero-order valence-electron chi connectivity index (χ0n) is 12.3. The lowest BCUT2D eigenvalue weighted by Crippen LogP contribution is -2.24. The molecule has 0 saturated heterocycles. The summed E-state index contributed by atoms with van der Waals surface area (Å²) >= 11 is 5.45. The fourth-order valence-corrected chi connectivity index (χ4v) is 3.34. The van der Waals surface area contributed by atoms with E-state index in [2.05, 4.69) is 31.7 Å². The summed E-state index contributed by atoms with van der Waals surface area (Å²) < 4.78 is 2.94. The van der Waals surface area contributed by atoms with Crippen molar-refractivity contribution >= 4 is 18.2 Å². The van der Waals surface area contributed by atoms with Gasteiger partial charge in [0.1, 0.15) is 0 Å². The van der Waals surface area contributed by atoms with Gasteiger partial charge in [-0.15, -0.1) is 5.10 Å². The minimum absolute atomic E-state index is 0.486. The van der Waals surface area contributed by atoms with Crippen LogP contribution in [0.4, 0.5) is 5.95 Å². The van der Waals surface area contributed by atoms with E-state index in [4.69, 9.17) is 12.2 Å². The molecule has 5 nitrogen and oxygen atoms in total. The maximum absolute atomic E-state index is 5.45. The quantitative estimate of drug-likeness (QED) is 0.879. The van der Waals surface area contributed by atoms with Crippen molar-refractivity contribution in [3.63, 3.8) is 0 Å². The average Bonchev–Trinajstić information content (AvgIpc) is 2.91. The van der Waals surface area contributed by atoms with Crippen LogP contribution < -0.4 is 4.90 Å². The maximum atomic E-state index is 5.45. The number of aromatic nitrogens is 4. The lowest BCUT2D eigenvalue weighted by atomic mass is 9.95. The highest BCUT2D eigenvalue weighted by atomic mass is 32.1. The van der Waals surface area contributed by atoms with E-state index in [0.717, 1.165) is 17.3 Å². The summed E-state index contributed by atoms with van der Waals surface area (Å²) in [4.78, 5) is 6.21. The van der Waals surface area contributed by atoms with Crippen LogP contribution in [-0.4, -0.2) is 26.8 Å². The van der Waals surface area contributed by atoms with Crippen molar-refractivity contribution in [1.29, 1.82) is 0 Å². The van der Waals surface area contributed by atoms with Crippen LogP contribution in [0.5, 0.6) is 0 Å². The Kier molecular flexibility index (Phi) is 4.34. The molecule has 21 heavy (non-hydrogen) atoms. The molecular weight excluding hydrogens is 282 g/mol. The molecule has 3 rings (SSSR count). The minimum atomic E-state index is 0.486. The molecule has 1 aliphatic carbocycles. The second-order valence-corrected chi connectivity index (χ2v) is 6.09. The molecule has 0 atom stereocenters. The van der Waals surface area contributed by atoms with Gasteiger partial charge in [0.25, 0.3) is 0 Å². The fraction of sp³-hybridized carbons (Fsp3) is 0.533. The molecule has 0 bridgehead atoms. The number of hydrogen-bond acceptors (Lipinski definition) is 4. The van der Waals surface area contributed by atoms with Gasteiger partial charge in [0, 0.05) is 32.0 Å². The van der Waals surface area contributed by atoms with Gasteiger partial charge in [-0.3, -0.25) is 9.55 Å². The number of pyridine rings is 1. The molecule has 0 amide bonds. The number of aromatic amines is 1. The summed E-state index contributed by atoms with van der Waals surface area (Å²) in [5.74, 6) is 0.934. The predicted octanol–water partition coefficient (Wildman–Crippen LogP) is 3.48. The summed E-state index contributed by atoms with van der Waals surface area (Å²) in [7, 11) is 2.06. The molecule has 0 unspecified atom stereocenters. The van der Waals surface area contributed by atoms with Crippen LogP contribution in [0.1, 0.15) is 43.7 Å². The van der Waals surface area contributed by atoms with Gasteiger partial charge >= 0.3 is 0 Å². The van der Waals surface area contributed by atoms with E-state index in [1.54, 1.807) is 0 Å². The molecule has 1 aliphatic rings. The van der Waals surface area contributed by atoms with Crippen LogP contribution in [0.2, 0.25) is 0 Å².